The number of hydrogen-bond donors (Lipinski definition) is 2. The van der Waals surface area contributed by atoms with Gasteiger partial charge in [-0.15, -0.1) is 0 Å². The molecule has 1 aliphatic carbocycles. The molecule has 0 aromatic heterocycles. The summed E-state index contributed by atoms with van der Waals surface area (Å²) in [7, 11) is 0. The third kappa shape index (κ3) is 3.20. The predicted molar refractivity (Wildman–Crippen MR) is 60.6 cm³/mol. The van der Waals surface area contributed by atoms with Crippen molar-refractivity contribution >= 4 is 5.91 Å². The van der Waals surface area contributed by atoms with Gasteiger partial charge in [0.15, 0.2) is 0 Å². The van der Waals surface area contributed by atoms with Crippen LogP contribution in [0.2, 0.25) is 0 Å². The van der Waals surface area contributed by atoms with E-state index in [2.05, 4.69) is 10.6 Å². The van der Waals surface area contributed by atoms with E-state index in [0.717, 1.165) is 32.5 Å². The quantitative estimate of drug-likeness (QED) is 0.737. The molecule has 1 aliphatic heterocycles. The van der Waals surface area contributed by atoms with Gasteiger partial charge in [0, 0.05) is 12.5 Å². The fourth-order valence-electron chi connectivity index (χ4n) is 2.33. The second kappa shape index (κ2) is 5.50. The summed E-state index contributed by atoms with van der Waals surface area (Å²) < 4.78 is 0. The zero-order valence-electron chi connectivity index (χ0n) is 9.43. The van der Waals surface area contributed by atoms with Crippen LogP contribution in [0.25, 0.3) is 0 Å². The van der Waals surface area contributed by atoms with Crippen molar-refractivity contribution in [3.8, 4) is 0 Å². The third-order valence-corrected chi connectivity index (χ3v) is 3.69. The zero-order chi connectivity index (χ0) is 10.5. The molecule has 86 valence electrons. The highest BCUT2D eigenvalue weighted by atomic mass is 16.1. The van der Waals surface area contributed by atoms with Gasteiger partial charge in [-0.05, 0) is 44.7 Å². The van der Waals surface area contributed by atoms with E-state index >= 15 is 0 Å². The van der Waals surface area contributed by atoms with Gasteiger partial charge >= 0.3 is 0 Å². The van der Waals surface area contributed by atoms with Crippen molar-refractivity contribution in [2.45, 2.75) is 38.5 Å². The Morgan fingerprint density at radius 2 is 2.07 bits per heavy atom. The maximum absolute atomic E-state index is 11.6. The van der Waals surface area contributed by atoms with E-state index in [9.17, 15) is 4.79 Å². The standard InChI is InChI=1S/C12H22N2O/c15-12(11-5-3-6-11)14-9-10-4-1-2-7-13-8-10/h10-11,13H,1-9H2,(H,14,15). The molecule has 2 fully saturated rings. The maximum Gasteiger partial charge on any atom is 0.223 e. The highest BCUT2D eigenvalue weighted by Crippen LogP contribution is 2.26. The Morgan fingerprint density at radius 3 is 2.80 bits per heavy atom. The minimum atomic E-state index is 0.297. The van der Waals surface area contributed by atoms with Crippen LogP contribution >= 0.6 is 0 Å². The van der Waals surface area contributed by atoms with Crippen LogP contribution in [0, 0.1) is 11.8 Å². The monoisotopic (exact) mass is 210 g/mol. The number of rotatable bonds is 3. The fourth-order valence-corrected chi connectivity index (χ4v) is 2.33. The Balaban J connectivity index is 1.64. The van der Waals surface area contributed by atoms with Gasteiger partial charge < -0.3 is 10.6 Å². The minimum absolute atomic E-state index is 0.297. The van der Waals surface area contributed by atoms with Crippen LogP contribution in [-0.4, -0.2) is 25.5 Å². The molecule has 1 heterocycles. The van der Waals surface area contributed by atoms with E-state index in [1.54, 1.807) is 0 Å². The summed E-state index contributed by atoms with van der Waals surface area (Å²) in [4.78, 5) is 11.6. The Morgan fingerprint density at radius 1 is 1.20 bits per heavy atom. The maximum atomic E-state index is 11.6. The van der Waals surface area contributed by atoms with E-state index in [0.29, 0.717) is 17.7 Å². The highest BCUT2D eigenvalue weighted by Gasteiger charge is 2.25. The van der Waals surface area contributed by atoms with E-state index in [4.69, 9.17) is 0 Å². The van der Waals surface area contributed by atoms with Crippen LogP contribution < -0.4 is 10.6 Å². The zero-order valence-corrected chi connectivity index (χ0v) is 9.43. The fraction of sp³-hybridized carbons (Fsp3) is 0.917. The SMILES string of the molecule is O=C(NCC1CCCCNC1)C1CCC1. The molecule has 0 spiro atoms. The van der Waals surface area contributed by atoms with Crippen molar-refractivity contribution in [1.29, 1.82) is 0 Å². The lowest BCUT2D eigenvalue weighted by Gasteiger charge is -2.25. The normalized spacial score (nSPS) is 27.9. The van der Waals surface area contributed by atoms with Crippen molar-refractivity contribution in [3.05, 3.63) is 0 Å². The summed E-state index contributed by atoms with van der Waals surface area (Å²) in [5, 5.41) is 6.53. The molecule has 2 aliphatic rings. The minimum Gasteiger partial charge on any atom is -0.356 e. The van der Waals surface area contributed by atoms with Crippen molar-refractivity contribution in [2.75, 3.05) is 19.6 Å². The summed E-state index contributed by atoms with van der Waals surface area (Å²) in [6.07, 6.45) is 7.30. The van der Waals surface area contributed by atoms with Gasteiger partial charge in [0.25, 0.3) is 0 Å². The molecule has 0 bridgehead atoms. The number of nitrogens with one attached hydrogen (secondary N) is 2. The highest BCUT2D eigenvalue weighted by molar-refractivity contribution is 5.79. The van der Waals surface area contributed by atoms with Crippen molar-refractivity contribution in [3.63, 3.8) is 0 Å². The van der Waals surface area contributed by atoms with Crippen LogP contribution in [0.1, 0.15) is 38.5 Å². The van der Waals surface area contributed by atoms with Gasteiger partial charge in [0.05, 0.1) is 0 Å². The molecule has 0 aromatic rings. The molecule has 3 heteroatoms. The van der Waals surface area contributed by atoms with Crippen LogP contribution in [0.4, 0.5) is 0 Å². The molecule has 15 heavy (non-hydrogen) atoms. The Kier molecular flexibility index (Phi) is 4.01. The molecule has 2 rings (SSSR count). The first kappa shape index (κ1) is 10.9. The van der Waals surface area contributed by atoms with Crippen molar-refractivity contribution < 1.29 is 4.79 Å². The summed E-state index contributed by atoms with van der Waals surface area (Å²) in [5.41, 5.74) is 0. The molecular formula is C12H22N2O. The van der Waals surface area contributed by atoms with Crippen LogP contribution in [0.15, 0.2) is 0 Å². The second-order valence-corrected chi connectivity index (χ2v) is 4.94. The molecular weight excluding hydrogens is 188 g/mol. The largest absolute Gasteiger partial charge is 0.356 e. The molecule has 3 nitrogen and oxygen atoms in total. The van der Waals surface area contributed by atoms with E-state index in [1.165, 1.54) is 25.7 Å². The number of carbonyl (C=O) groups excluding carboxylic acids is 1. The molecule has 0 radical (unpaired) electrons. The second-order valence-electron chi connectivity index (χ2n) is 4.94. The van der Waals surface area contributed by atoms with Crippen molar-refractivity contribution in [2.24, 2.45) is 11.8 Å². The van der Waals surface area contributed by atoms with Gasteiger partial charge in [-0.25, -0.2) is 0 Å². The molecule has 1 saturated carbocycles. The molecule has 1 atom stereocenters. The van der Waals surface area contributed by atoms with Gasteiger partial charge in [-0.2, -0.15) is 0 Å². The number of hydrogen-bond acceptors (Lipinski definition) is 2. The van der Waals surface area contributed by atoms with E-state index in [1.807, 2.05) is 0 Å². The van der Waals surface area contributed by atoms with E-state index in [-0.39, 0.29) is 0 Å². The molecule has 1 saturated heterocycles. The van der Waals surface area contributed by atoms with Crippen LogP contribution in [0.5, 0.6) is 0 Å². The van der Waals surface area contributed by atoms with Crippen LogP contribution in [0.3, 0.4) is 0 Å². The van der Waals surface area contributed by atoms with Crippen LogP contribution in [-0.2, 0) is 4.79 Å². The smallest absolute Gasteiger partial charge is 0.223 e. The van der Waals surface area contributed by atoms with Gasteiger partial charge in [0.1, 0.15) is 0 Å². The van der Waals surface area contributed by atoms with Gasteiger partial charge in [-0.3, -0.25) is 4.79 Å². The molecule has 0 aromatic carbocycles. The predicted octanol–water partition coefficient (Wildman–Crippen LogP) is 1.29. The number of carbonyl (C=O) groups is 1. The van der Waals surface area contributed by atoms with Gasteiger partial charge in [-0.1, -0.05) is 12.8 Å². The van der Waals surface area contributed by atoms with Gasteiger partial charge in [0.2, 0.25) is 5.91 Å². The third-order valence-electron chi connectivity index (χ3n) is 3.69. The lowest BCUT2D eigenvalue weighted by Crippen LogP contribution is -2.39. The average molecular weight is 210 g/mol. The lowest BCUT2D eigenvalue weighted by molar-refractivity contribution is -0.127. The first-order valence-corrected chi connectivity index (χ1v) is 6.34. The topological polar surface area (TPSA) is 41.1 Å². The first-order chi connectivity index (χ1) is 7.36. The van der Waals surface area contributed by atoms with E-state index < -0.39 is 0 Å². The summed E-state index contributed by atoms with van der Waals surface area (Å²) in [6.45, 7) is 3.10. The lowest BCUT2D eigenvalue weighted by atomic mass is 9.84. The number of amides is 1. The molecule has 2 N–H and O–H groups in total. The summed E-state index contributed by atoms with van der Waals surface area (Å²) >= 11 is 0. The Hall–Kier alpha value is -0.570. The molecule has 1 amide bonds. The van der Waals surface area contributed by atoms with Crippen molar-refractivity contribution in [1.82, 2.24) is 10.6 Å². The molecule has 1 unspecified atom stereocenters. The Bertz CT molecular complexity index is 206. The Labute approximate surface area is 92.0 Å². The summed E-state index contributed by atoms with van der Waals surface area (Å²) in [5.74, 6) is 1.28. The first-order valence-electron chi connectivity index (χ1n) is 6.34. The average Bonchev–Trinajstić information content (AvgIpc) is 2.40. The summed E-state index contributed by atoms with van der Waals surface area (Å²) in [6, 6.07) is 0.